The molecule has 0 radical (unpaired) electrons. The number of carbonyl (C=O) groups is 2. The molecule has 0 aliphatic carbocycles. The number of nitrogens with two attached hydrogens (primary N) is 1. The first-order chi connectivity index (χ1) is 24.5. The molecule has 0 saturated heterocycles. The van der Waals surface area contributed by atoms with Crippen LogP contribution in [-0.2, 0) is 33.3 Å². The number of ether oxygens (including phenoxy) is 5. The minimum atomic E-state index is -0.880. The number of nitrogens with one attached hydrogen (secondary N) is 1. The smallest absolute Gasteiger partial charge is 0.305 e. The number of amides is 1. The van der Waals surface area contributed by atoms with E-state index in [4.69, 9.17) is 34.5 Å². The number of hydrogen-bond acceptors (Lipinski definition) is 9. The van der Waals surface area contributed by atoms with E-state index >= 15 is 0 Å². The zero-order chi connectivity index (χ0) is 36.6. The first-order valence-corrected chi connectivity index (χ1v) is 21.4. The topological polar surface area (TPSA) is 139 Å². The van der Waals surface area contributed by atoms with Gasteiger partial charge in [0.1, 0.15) is 0 Å². The van der Waals surface area contributed by atoms with Crippen LogP contribution >= 0.6 is 11.8 Å². The fraction of sp³-hybridized carbons (Fsp3) is 0.949. The Bertz CT molecular complexity index is 722. The average Bonchev–Trinajstić information content (AvgIpc) is 3.10. The van der Waals surface area contributed by atoms with Gasteiger partial charge in [-0.1, -0.05) is 129 Å². The molecule has 1 unspecified atom stereocenters. The highest BCUT2D eigenvalue weighted by atomic mass is 32.2. The Morgan fingerprint density at radius 3 is 1.56 bits per heavy atom. The molecule has 0 aromatic rings. The molecule has 50 heavy (non-hydrogen) atoms. The van der Waals surface area contributed by atoms with Gasteiger partial charge in [-0.15, -0.1) is 0 Å². The van der Waals surface area contributed by atoms with E-state index in [2.05, 4.69) is 19.2 Å². The van der Waals surface area contributed by atoms with Crippen LogP contribution in [0.5, 0.6) is 0 Å². The van der Waals surface area contributed by atoms with Crippen LogP contribution in [0, 0.1) is 0 Å². The lowest BCUT2D eigenvalue weighted by Gasteiger charge is -2.19. The van der Waals surface area contributed by atoms with Crippen LogP contribution in [0.2, 0.25) is 0 Å². The summed E-state index contributed by atoms with van der Waals surface area (Å²) in [5, 5.41) is 11.4. The monoisotopic (exact) mass is 735 g/mol. The molecule has 0 saturated carbocycles. The van der Waals surface area contributed by atoms with Crippen molar-refractivity contribution in [2.24, 2.45) is 5.73 Å². The number of rotatable bonds is 42. The van der Waals surface area contributed by atoms with E-state index < -0.39 is 12.0 Å². The van der Waals surface area contributed by atoms with Crippen molar-refractivity contribution in [2.45, 2.75) is 161 Å². The predicted octanol–water partition coefficient (Wildman–Crippen LogP) is 7.93. The summed E-state index contributed by atoms with van der Waals surface area (Å²) >= 11 is 1.65. The van der Waals surface area contributed by atoms with Crippen molar-refractivity contribution >= 4 is 23.6 Å². The summed E-state index contributed by atoms with van der Waals surface area (Å²) in [6, 6.07) is -0.598. The molecule has 0 bridgehead atoms. The van der Waals surface area contributed by atoms with Crippen molar-refractivity contribution < 1.29 is 38.4 Å². The summed E-state index contributed by atoms with van der Waals surface area (Å²) in [5.74, 6) is 0.210. The molecular formula is C39H78N2O8S. The molecule has 0 aromatic carbocycles. The molecular weight excluding hydrogens is 657 g/mol. The van der Waals surface area contributed by atoms with Gasteiger partial charge in [0.25, 0.3) is 0 Å². The van der Waals surface area contributed by atoms with Gasteiger partial charge in [-0.2, -0.15) is 11.8 Å². The number of carboxylic acids is 1. The van der Waals surface area contributed by atoms with Crippen molar-refractivity contribution in [1.82, 2.24) is 5.32 Å². The maximum atomic E-state index is 12.5. The van der Waals surface area contributed by atoms with Crippen LogP contribution in [0.25, 0.3) is 0 Å². The minimum absolute atomic E-state index is 0.00358. The number of hydrogen-bond donors (Lipinski definition) is 3. The highest BCUT2D eigenvalue weighted by Gasteiger charge is 2.16. The normalized spacial score (nSPS) is 12.7. The third-order valence-electron chi connectivity index (χ3n) is 8.49. The van der Waals surface area contributed by atoms with Gasteiger partial charge in [-0.25, -0.2) is 0 Å². The van der Waals surface area contributed by atoms with E-state index in [0.717, 1.165) is 31.8 Å². The first-order valence-electron chi connectivity index (χ1n) is 20.3. The maximum Gasteiger partial charge on any atom is 0.305 e. The van der Waals surface area contributed by atoms with Crippen LogP contribution in [0.3, 0.4) is 0 Å². The molecule has 1 amide bonds. The zero-order valence-electron chi connectivity index (χ0n) is 32.3. The van der Waals surface area contributed by atoms with Crippen molar-refractivity contribution in [3.8, 4) is 0 Å². The van der Waals surface area contributed by atoms with Crippen LogP contribution in [0.4, 0.5) is 0 Å². The Labute approximate surface area is 310 Å². The van der Waals surface area contributed by atoms with E-state index in [0.29, 0.717) is 51.9 Å². The molecule has 0 rings (SSSR count). The quantitative estimate of drug-likeness (QED) is 0.0530. The summed E-state index contributed by atoms with van der Waals surface area (Å²) in [7, 11) is 0. The van der Waals surface area contributed by atoms with Crippen LogP contribution < -0.4 is 11.1 Å². The lowest BCUT2D eigenvalue weighted by atomic mass is 10.1. The average molecular weight is 735 g/mol. The molecule has 2 atom stereocenters. The van der Waals surface area contributed by atoms with Gasteiger partial charge in [0.15, 0.2) is 0 Å². The molecule has 0 fully saturated rings. The molecule has 0 aromatic heterocycles. The van der Waals surface area contributed by atoms with Gasteiger partial charge < -0.3 is 39.8 Å². The molecule has 0 spiro atoms. The Morgan fingerprint density at radius 2 is 1.04 bits per heavy atom. The van der Waals surface area contributed by atoms with Crippen molar-refractivity contribution in [1.29, 1.82) is 0 Å². The highest BCUT2D eigenvalue weighted by Crippen LogP contribution is 2.14. The molecule has 10 nitrogen and oxygen atoms in total. The third kappa shape index (κ3) is 38.3. The Hall–Kier alpha value is -0.950. The predicted molar refractivity (Wildman–Crippen MR) is 207 cm³/mol. The van der Waals surface area contributed by atoms with Crippen molar-refractivity contribution in [3.05, 3.63) is 0 Å². The standard InChI is InChI=1S/C39H78N2O8S/c1-3-5-7-9-11-13-15-17-19-21-25-48-33-36(49-26-22-20-18-16-14-12-10-8-6-4-2)34-50-35-37(40)39(44)41-24-28-46-30-32-47-31-29-45-27-23-38(42)43/h36-37H,3-35,40H2,1-2H3,(H,41,44)(H,42,43)/t36?,37-/m0/s1. The molecule has 298 valence electrons. The number of carbonyl (C=O) groups excluding carboxylic acids is 1. The number of thioether (sulfide) groups is 1. The van der Waals surface area contributed by atoms with Crippen molar-refractivity contribution in [2.75, 3.05) is 77.5 Å². The summed E-state index contributed by atoms with van der Waals surface area (Å²) in [5.41, 5.74) is 6.17. The zero-order valence-corrected chi connectivity index (χ0v) is 33.1. The van der Waals surface area contributed by atoms with Crippen LogP contribution in [0.1, 0.15) is 149 Å². The van der Waals surface area contributed by atoms with E-state index in [9.17, 15) is 9.59 Å². The van der Waals surface area contributed by atoms with E-state index in [1.54, 1.807) is 11.8 Å². The van der Waals surface area contributed by atoms with E-state index in [-0.39, 0.29) is 25.0 Å². The second-order valence-electron chi connectivity index (χ2n) is 13.3. The van der Waals surface area contributed by atoms with Gasteiger partial charge in [0, 0.05) is 31.3 Å². The van der Waals surface area contributed by atoms with Crippen molar-refractivity contribution in [3.63, 3.8) is 0 Å². The fourth-order valence-electron chi connectivity index (χ4n) is 5.37. The molecule has 0 aliphatic heterocycles. The minimum Gasteiger partial charge on any atom is -0.481 e. The van der Waals surface area contributed by atoms with Crippen LogP contribution in [-0.4, -0.2) is 107 Å². The Balaban J connectivity index is 4.12. The molecule has 11 heteroatoms. The Morgan fingerprint density at radius 1 is 0.580 bits per heavy atom. The summed E-state index contributed by atoms with van der Waals surface area (Å²) in [6.07, 6.45) is 26.2. The van der Waals surface area contributed by atoms with Gasteiger partial charge in [0.2, 0.25) is 5.91 Å². The lowest BCUT2D eigenvalue weighted by molar-refractivity contribution is -0.138. The Kier molecular flexibility index (Phi) is 40.0. The summed E-state index contributed by atoms with van der Waals surface area (Å²) < 4.78 is 28.3. The van der Waals surface area contributed by atoms with Gasteiger partial charge >= 0.3 is 5.97 Å². The summed E-state index contributed by atoms with van der Waals surface area (Å²) in [6.45, 7) is 9.10. The number of carboxylic acid groups (broad SMARTS) is 1. The number of unbranched alkanes of at least 4 members (excludes halogenated alkanes) is 18. The SMILES string of the molecule is CCCCCCCCCCCCOCC(CSC[C@H](N)C(=O)NCCOCCOCCOCCC(=O)O)OCCCCCCCCCCCC. The van der Waals surface area contributed by atoms with Gasteiger partial charge in [-0.05, 0) is 12.8 Å². The molecule has 0 aliphatic rings. The third-order valence-corrected chi connectivity index (χ3v) is 9.69. The summed E-state index contributed by atoms with van der Waals surface area (Å²) in [4.78, 5) is 22.9. The second kappa shape index (κ2) is 40.8. The van der Waals surface area contributed by atoms with E-state index in [1.807, 2.05) is 0 Å². The lowest BCUT2D eigenvalue weighted by Crippen LogP contribution is -2.43. The van der Waals surface area contributed by atoms with Gasteiger partial charge in [-0.3, -0.25) is 9.59 Å². The number of aliphatic carboxylic acids is 1. The molecule has 0 heterocycles. The van der Waals surface area contributed by atoms with Crippen LogP contribution in [0.15, 0.2) is 0 Å². The van der Waals surface area contributed by atoms with E-state index in [1.165, 1.54) is 116 Å². The van der Waals surface area contributed by atoms with Gasteiger partial charge in [0.05, 0.1) is 64.8 Å². The first kappa shape index (κ1) is 49.0. The molecule has 4 N–H and O–H groups in total. The second-order valence-corrected chi connectivity index (χ2v) is 14.4. The fourth-order valence-corrected chi connectivity index (χ4v) is 6.37. The highest BCUT2D eigenvalue weighted by molar-refractivity contribution is 7.99. The largest absolute Gasteiger partial charge is 0.481 e. The maximum absolute atomic E-state index is 12.5.